The number of fused-ring (bicyclic) bond motifs is 1. The molecular weight excluding hydrogens is 404 g/mol. The van der Waals surface area contributed by atoms with Crippen molar-refractivity contribution in [2.75, 3.05) is 36.4 Å². The number of para-hydroxylation sites is 1. The lowest BCUT2D eigenvalue weighted by molar-refractivity contribution is 0.142. The molecule has 0 aliphatic carbocycles. The van der Waals surface area contributed by atoms with E-state index in [1.807, 2.05) is 60.8 Å². The highest BCUT2D eigenvalue weighted by molar-refractivity contribution is 5.94. The molecule has 4 heterocycles. The van der Waals surface area contributed by atoms with Crippen molar-refractivity contribution < 1.29 is 9.90 Å². The van der Waals surface area contributed by atoms with E-state index in [-0.39, 0.29) is 0 Å². The molecule has 1 aliphatic heterocycles. The van der Waals surface area contributed by atoms with E-state index >= 15 is 0 Å². The Labute approximate surface area is 185 Å². The van der Waals surface area contributed by atoms with Crippen LogP contribution in [0.5, 0.6) is 0 Å². The Morgan fingerprint density at radius 1 is 0.969 bits per heavy atom. The summed E-state index contributed by atoms with van der Waals surface area (Å²) in [6.07, 6.45) is 4.48. The molecule has 32 heavy (non-hydrogen) atoms. The summed E-state index contributed by atoms with van der Waals surface area (Å²) in [5.41, 5.74) is 2.72. The second-order valence-corrected chi connectivity index (χ2v) is 7.61. The molecule has 4 aromatic rings. The van der Waals surface area contributed by atoms with Gasteiger partial charge in [0.15, 0.2) is 0 Å². The van der Waals surface area contributed by atoms with Gasteiger partial charge in [0.05, 0.1) is 5.69 Å². The summed E-state index contributed by atoms with van der Waals surface area (Å²) in [6, 6.07) is 17.8. The number of pyridine rings is 3. The van der Waals surface area contributed by atoms with Crippen LogP contribution in [0.2, 0.25) is 0 Å². The number of nitrogens with zero attached hydrogens (tertiary/aromatic N) is 5. The smallest absolute Gasteiger partial charge is 0.407 e. The number of aromatic nitrogens is 3. The Bertz CT molecular complexity index is 1260. The Kier molecular flexibility index (Phi) is 5.25. The fourth-order valence-electron chi connectivity index (χ4n) is 3.91. The number of anilines is 3. The van der Waals surface area contributed by atoms with Crippen molar-refractivity contribution in [2.24, 2.45) is 0 Å². The molecule has 0 atom stereocenters. The molecule has 0 radical (unpaired) electrons. The second kappa shape index (κ2) is 8.50. The molecular formula is C24H22N6O2. The minimum atomic E-state index is -0.879. The number of hydrogen-bond acceptors (Lipinski definition) is 6. The summed E-state index contributed by atoms with van der Waals surface area (Å²) in [6.45, 7) is 2.09. The van der Waals surface area contributed by atoms with E-state index in [0.717, 1.165) is 39.4 Å². The zero-order valence-electron chi connectivity index (χ0n) is 17.3. The third-order valence-electron chi connectivity index (χ3n) is 5.56. The van der Waals surface area contributed by atoms with E-state index < -0.39 is 6.09 Å². The largest absolute Gasteiger partial charge is 0.465 e. The van der Waals surface area contributed by atoms with Gasteiger partial charge < -0.3 is 20.2 Å². The zero-order chi connectivity index (χ0) is 21.9. The van der Waals surface area contributed by atoms with Crippen molar-refractivity contribution in [1.29, 1.82) is 0 Å². The normalized spacial score (nSPS) is 13.9. The predicted molar refractivity (Wildman–Crippen MR) is 124 cm³/mol. The molecule has 5 rings (SSSR count). The summed E-state index contributed by atoms with van der Waals surface area (Å²) in [7, 11) is 0. The second-order valence-electron chi connectivity index (χ2n) is 7.61. The summed E-state index contributed by atoms with van der Waals surface area (Å²) in [5, 5.41) is 14.6. The number of nitrogens with one attached hydrogen (secondary N) is 1. The third-order valence-corrected chi connectivity index (χ3v) is 5.56. The summed E-state index contributed by atoms with van der Waals surface area (Å²) in [4.78, 5) is 28.6. The van der Waals surface area contributed by atoms with Gasteiger partial charge in [-0.1, -0.05) is 18.2 Å². The average Bonchev–Trinajstić information content (AvgIpc) is 2.84. The van der Waals surface area contributed by atoms with Crippen LogP contribution >= 0.6 is 0 Å². The van der Waals surface area contributed by atoms with Crippen molar-refractivity contribution in [3.05, 3.63) is 73.2 Å². The average molecular weight is 426 g/mol. The van der Waals surface area contributed by atoms with Crippen molar-refractivity contribution in [1.82, 2.24) is 19.9 Å². The van der Waals surface area contributed by atoms with Gasteiger partial charge in [-0.05, 0) is 36.4 Å². The Morgan fingerprint density at radius 3 is 2.56 bits per heavy atom. The molecule has 1 aliphatic rings. The molecule has 8 nitrogen and oxygen atoms in total. The van der Waals surface area contributed by atoms with Gasteiger partial charge >= 0.3 is 6.09 Å². The first kappa shape index (κ1) is 19.7. The molecule has 160 valence electrons. The van der Waals surface area contributed by atoms with Crippen LogP contribution in [0.3, 0.4) is 0 Å². The maximum atomic E-state index is 11.3. The molecule has 1 aromatic carbocycles. The molecule has 1 amide bonds. The van der Waals surface area contributed by atoms with Crippen LogP contribution in [-0.2, 0) is 0 Å². The number of piperazine rings is 1. The Hall–Kier alpha value is -4.20. The van der Waals surface area contributed by atoms with Crippen molar-refractivity contribution in [3.63, 3.8) is 0 Å². The fraction of sp³-hybridized carbons (Fsp3) is 0.167. The van der Waals surface area contributed by atoms with Gasteiger partial charge in [0.1, 0.15) is 11.6 Å². The van der Waals surface area contributed by atoms with Crippen molar-refractivity contribution in [2.45, 2.75) is 0 Å². The van der Waals surface area contributed by atoms with E-state index in [4.69, 9.17) is 4.98 Å². The number of amides is 1. The minimum absolute atomic E-state index is 0.453. The molecule has 0 unspecified atom stereocenters. The molecule has 0 bridgehead atoms. The van der Waals surface area contributed by atoms with Gasteiger partial charge in [0, 0.05) is 66.8 Å². The fourth-order valence-corrected chi connectivity index (χ4v) is 3.91. The van der Waals surface area contributed by atoms with Crippen molar-refractivity contribution >= 4 is 34.2 Å². The molecule has 1 saturated heterocycles. The van der Waals surface area contributed by atoms with Gasteiger partial charge in [0.2, 0.25) is 0 Å². The number of benzene rings is 1. The summed E-state index contributed by atoms with van der Waals surface area (Å²) >= 11 is 0. The van der Waals surface area contributed by atoms with Gasteiger partial charge in [-0.25, -0.2) is 14.8 Å². The molecule has 3 aromatic heterocycles. The Balaban J connectivity index is 1.50. The molecule has 0 saturated carbocycles. The van der Waals surface area contributed by atoms with E-state index in [1.54, 1.807) is 12.4 Å². The number of carbonyl (C=O) groups is 1. The first-order valence-electron chi connectivity index (χ1n) is 10.4. The summed E-state index contributed by atoms with van der Waals surface area (Å²) in [5.74, 6) is 1.58. The molecule has 8 heteroatoms. The maximum absolute atomic E-state index is 11.3. The predicted octanol–water partition coefficient (Wildman–Crippen LogP) is 4.24. The van der Waals surface area contributed by atoms with Crippen LogP contribution in [0.25, 0.3) is 22.0 Å². The van der Waals surface area contributed by atoms with Gasteiger partial charge in [-0.15, -0.1) is 0 Å². The number of hydrogen-bond donors (Lipinski definition) is 2. The maximum Gasteiger partial charge on any atom is 0.407 e. The van der Waals surface area contributed by atoms with Crippen LogP contribution in [0.1, 0.15) is 0 Å². The van der Waals surface area contributed by atoms with Crippen LogP contribution in [0.15, 0.2) is 73.2 Å². The standard InChI is InChI=1S/C24H22N6O2/c31-24(32)30-12-10-29(11-13-30)23-20-7-8-25-16-18(20)14-21(28-23)17-6-9-26-22(15-17)27-19-4-2-1-3-5-19/h1-9,14-16H,10-13H2,(H,26,27)(H,31,32). The van der Waals surface area contributed by atoms with Gasteiger partial charge in [-0.2, -0.15) is 0 Å². The molecule has 1 fully saturated rings. The highest BCUT2D eigenvalue weighted by Gasteiger charge is 2.23. The highest BCUT2D eigenvalue weighted by atomic mass is 16.4. The highest BCUT2D eigenvalue weighted by Crippen LogP contribution is 2.31. The third kappa shape index (κ3) is 4.02. The monoisotopic (exact) mass is 426 g/mol. The lowest BCUT2D eigenvalue weighted by Crippen LogP contribution is -2.48. The number of rotatable bonds is 4. The first-order valence-corrected chi connectivity index (χ1v) is 10.4. The quantitative estimate of drug-likeness (QED) is 0.504. The van der Waals surface area contributed by atoms with Gasteiger partial charge in [-0.3, -0.25) is 4.98 Å². The lowest BCUT2D eigenvalue weighted by atomic mass is 10.1. The van der Waals surface area contributed by atoms with E-state index in [2.05, 4.69) is 20.2 Å². The Morgan fingerprint density at radius 2 is 1.78 bits per heavy atom. The van der Waals surface area contributed by atoms with E-state index in [1.165, 1.54) is 4.90 Å². The van der Waals surface area contributed by atoms with Crippen molar-refractivity contribution in [3.8, 4) is 11.3 Å². The van der Waals surface area contributed by atoms with E-state index in [0.29, 0.717) is 26.2 Å². The van der Waals surface area contributed by atoms with Crippen LogP contribution in [0.4, 0.5) is 22.1 Å². The minimum Gasteiger partial charge on any atom is -0.465 e. The SMILES string of the molecule is O=C(O)N1CCN(c2nc(-c3ccnc(Nc4ccccc4)c3)cc3cnccc23)CC1. The zero-order valence-corrected chi connectivity index (χ0v) is 17.3. The summed E-state index contributed by atoms with van der Waals surface area (Å²) < 4.78 is 0. The topological polar surface area (TPSA) is 94.5 Å². The van der Waals surface area contributed by atoms with Crippen LogP contribution in [0, 0.1) is 0 Å². The molecule has 2 N–H and O–H groups in total. The lowest BCUT2D eigenvalue weighted by Gasteiger charge is -2.34. The number of carboxylic acid groups (broad SMARTS) is 1. The van der Waals surface area contributed by atoms with Crippen LogP contribution < -0.4 is 10.2 Å². The molecule has 0 spiro atoms. The van der Waals surface area contributed by atoms with E-state index in [9.17, 15) is 9.90 Å². The van der Waals surface area contributed by atoms with Gasteiger partial charge in [0.25, 0.3) is 0 Å². The van der Waals surface area contributed by atoms with Crippen LogP contribution in [-0.4, -0.2) is 57.2 Å². The first-order chi connectivity index (χ1) is 15.7.